The topological polar surface area (TPSA) is 72.7 Å². The Kier molecular flexibility index (Phi) is 10.3. The van der Waals surface area contributed by atoms with E-state index in [-0.39, 0.29) is 35.5 Å². The predicted molar refractivity (Wildman–Crippen MR) is 140 cm³/mol. The van der Waals surface area contributed by atoms with Gasteiger partial charge in [-0.1, -0.05) is 20.8 Å². The second-order valence-corrected chi connectivity index (χ2v) is 9.09. The molecule has 0 amide bonds. The first-order valence-corrected chi connectivity index (χ1v) is 11.2. The van der Waals surface area contributed by atoms with Crippen LogP contribution in [-0.2, 0) is 11.3 Å². The van der Waals surface area contributed by atoms with Crippen LogP contribution in [0.3, 0.4) is 0 Å². The molecule has 3 rings (SSSR count). The van der Waals surface area contributed by atoms with Gasteiger partial charge < -0.3 is 20.1 Å². The fourth-order valence-electron chi connectivity index (χ4n) is 4.06. The molecule has 0 saturated carbocycles. The van der Waals surface area contributed by atoms with Crippen LogP contribution in [0, 0.1) is 11.3 Å². The highest BCUT2D eigenvalue weighted by atomic mass is 127. The summed E-state index contributed by atoms with van der Waals surface area (Å²) in [5.74, 6) is 2.13. The van der Waals surface area contributed by atoms with E-state index >= 15 is 0 Å². The van der Waals surface area contributed by atoms with Crippen LogP contribution in [0.4, 0.5) is 0 Å². The fraction of sp³-hybridized carbons (Fsp3) is 0.583. The zero-order valence-corrected chi connectivity index (χ0v) is 22.3. The molecule has 2 unspecified atom stereocenters. The third-order valence-electron chi connectivity index (χ3n) is 5.55. The third kappa shape index (κ3) is 7.37. The van der Waals surface area contributed by atoms with E-state index < -0.39 is 0 Å². The van der Waals surface area contributed by atoms with Crippen molar-refractivity contribution in [3.05, 3.63) is 42.2 Å². The Morgan fingerprint density at radius 2 is 1.97 bits per heavy atom. The number of methoxy groups -OCH3 is 1. The van der Waals surface area contributed by atoms with Gasteiger partial charge >= 0.3 is 0 Å². The number of nitrogens with one attached hydrogen (secondary N) is 2. The van der Waals surface area contributed by atoms with Crippen LogP contribution in [0.2, 0.25) is 0 Å². The normalized spacial score (nSPS) is 19.2. The quantitative estimate of drug-likeness (QED) is 0.301. The zero-order valence-electron chi connectivity index (χ0n) is 19.9. The van der Waals surface area contributed by atoms with Crippen LogP contribution in [0.5, 0.6) is 5.75 Å². The molecule has 1 fully saturated rings. The Labute approximate surface area is 209 Å². The molecule has 1 saturated heterocycles. The molecule has 1 aliphatic rings. The molecule has 2 N–H and O–H groups in total. The minimum atomic E-state index is 0. The summed E-state index contributed by atoms with van der Waals surface area (Å²) >= 11 is 0. The van der Waals surface area contributed by atoms with Crippen LogP contribution in [0.15, 0.2) is 41.5 Å². The van der Waals surface area contributed by atoms with E-state index in [1.54, 1.807) is 7.11 Å². The Morgan fingerprint density at radius 3 is 2.62 bits per heavy atom. The maximum absolute atomic E-state index is 6.11. The van der Waals surface area contributed by atoms with Crippen molar-refractivity contribution < 1.29 is 9.47 Å². The van der Waals surface area contributed by atoms with Crippen molar-refractivity contribution in [1.29, 1.82) is 0 Å². The first kappa shape index (κ1) is 26.4. The average molecular weight is 556 g/mol. The molecule has 1 aliphatic heterocycles. The monoisotopic (exact) mass is 555 g/mol. The van der Waals surface area contributed by atoms with Crippen LogP contribution < -0.4 is 15.4 Å². The first-order chi connectivity index (χ1) is 14.9. The first-order valence-electron chi connectivity index (χ1n) is 11.2. The van der Waals surface area contributed by atoms with E-state index in [2.05, 4.69) is 43.4 Å². The average Bonchev–Trinajstić information content (AvgIpc) is 3.24. The Morgan fingerprint density at radius 1 is 1.22 bits per heavy atom. The molecule has 0 radical (unpaired) electrons. The lowest BCUT2D eigenvalue weighted by Gasteiger charge is -2.40. The second kappa shape index (κ2) is 12.4. The lowest BCUT2D eigenvalue weighted by molar-refractivity contribution is -0.0835. The summed E-state index contributed by atoms with van der Waals surface area (Å²) in [6.45, 7) is 11.9. The minimum absolute atomic E-state index is 0. The van der Waals surface area contributed by atoms with E-state index in [0.717, 1.165) is 49.2 Å². The maximum Gasteiger partial charge on any atom is 0.191 e. The highest BCUT2D eigenvalue weighted by Crippen LogP contribution is 2.33. The number of halogens is 1. The molecule has 32 heavy (non-hydrogen) atoms. The lowest BCUT2D eigenvalue weighted by atomic mass is 9.78. The van der Waals surface area contributed by atoms with Crippen LogP contribution in [-0.4, -0.2) is 48.7 Å². The summed E-state index contributed by atoms with van der Waals surface area (Å²) < 4.78 is 13.2. The van der Waals surface area contributed by atoms with Crippen molar-refractivity contribution in [3.8, 4) is 11.4 Å². The van der Waals surface area contributed by atoms with Crippen molar-refractivity contribution >= 4 is 29.9 Å². The van der Waals surface area contributed by atoms with Crippen molar-refractivity contribution in [2.75, 3.05) is 26.8 Å². The molecule has 1 aromatic carbocycles. The molecule has 178 valence electrons. The van der Waals surface area contributed by atoms with Gasteiger partial charge in [-0.2, -0.15) is 5.10 Å². The zero-order chi connectivity index (χ0) is 22.3. The summed E-state index contributed by atoms with van der Waals surface area (Å²) in [6, 6.07) is 9.84. The van der Waals surface area contributed by atoms with Gasteiger partial charge in [-0.05, 0) is 55.5 Å². The van der Waals surface area contributed by atoms with Crippen molar-refractivity contribution in [1.82, 2.24) is 20.4 Å². The van der Waals surface area contributed by atoms with E-state index in [4.69, 9.17) is 14.5 Å². The minimum Gasteiger partial charge on any atom is -0.497 e. The van der Waals surface area contributed by atoms with Gasteiger partial charge in [-0.25, -0.2) is 9.67 Å². The number of aromatic nitrogens is 2. The Balaban J connectivity index is 0.00000363. The van der Waals surface area contributed by atoms with Gasteiger partial charge in [0.1, 0.15) is 5.75 Å². The highest BCUT2D eigenvalue weighted by molar-refractivity contribution is 14.0. The molecule has 0 spiro atoms. The predicted octanol–water partition coefficient (Wildman–Crippen LogP) is 4.40. The number of rotatable bonds is 7. The largest absolute Gasteiger partial charge is 0.497 e. The van der Waals surface area contributed by atoms with E-state index in [1.807, 2.05) is 41.2 Å². The number of hydrogen-bond donors (Lipinski definition) is 2. The van der Waals surface area contributed by atoms with Crippen molar-refractivity contribution in [2.45, 2.75) is 53.2 Å². The second-order valence-electron chi connectivity index (χ2n) is 9.09. The van der Waals surface area contributed by atoms with Gasteiger partial charge in [0, 0.05) is 31.8 Å². The van der Waals surface area contributed by atoms with Gasteiger partial charge in [-0.15, -0.1) is 24.0 Å². The lowest BCUT2D eigenvalue weighted by Crippen LogP contribution is -2.47. The number of aliphatic imine (C=N–C) groups is 1. The van der Waals surface area contributed by atoms with Crippen LogP contribution in [0.25, 0.3) is 5.69 Å². The number of benzene rings is 1. The summed E-state index contributed by atoms with van der Waals surface area (Å²) in [6.07, 6.45) is 4.52. The summed E-state index contributed by atoms with van der Waals surface area (Å²) in [5.41, 5.74) is 2.05. The van der Waals surface area contributed by atoms with Gasteiger partial charge in [0.05, 0.1) is 31.1 Å². The smallest absolute Gasteiger partial charge is 0.191 e. The SMILES string of the molecule is CCNC(=NCc1ccn(-c2ccc(OC)cc2)n1)NCC1CCCOC1C(C)(C)C.I. The van der Waals surface area contributed by atoms with E-state index in [9.17, 15) is 0 Å². The third-order valence-corrected chi connectivity index (χ3v) is 5.55. The molecular formula is C24H38IN5O2. The fourth-order valence-corrected chi connectivity index (χ4v) is 4.06. The van der Waals surface area contributed by atoms with Crippen molar-refractivity contribution in [3.63, 3.8) is 0 Å². The molecule has 2 heterocycles. The Hall–Kier alpha value is -1.81. The molecule has 8 heteroatoms. The summed E-state index contributed by atoms with van der Waals surface area (Å²) in [4.78, 5) is 4.75. The highest BCUT2D eigenvalue weighted by Gasteiger charge is 2.35. The number of guanidine groups is 1. The summed E-state index contributed by atoms with van der Waals surface area (Å²) in [5, 5.41) is 11.5. The number of ether oxygens (including phenoxy) is 2. The Bertz CT molecular complexity index is 845. The molecule has 1 aromatic heterocycles. The van der Waals surface area contributed by atoms with Gasteiger partial charge in [0.25, 0.3) is 0 Å². The maximum atomic E-state index is 6.11. The van der Waals surface area contributed by atoms with Gasteiger partial charge in [0.15, 0.2) is 5.96 Å². The molecule has 2 aromatic rings. The van der Waals surface area contributed by atoms with Crippen LogP contribution >= 0.6 is 24.0 Å². The van der Waals surface area contributed by atoms with E-state index in [1.165, 1.54) is 6.42 Å². The number of hydrogen-bond acceptors (Lipinski definition) is 4. The van der Waals surface area contributed by atoms with Crippen LogP contribution in [0.1, 0.15) is 46.2 Å². The molecule has 7 nitrogen and oxygen atoms in total. The molecular weight excluding hydrogens is 517 g/mol. The van der Waals surface area contributed by atoms with E-state index in [0.29, 0.717) is 12.5 Å². The molecule has 2 atom stereocenters. The number of nitrogens with zero attached hydrogens (tertiary/aromatic N) is 3. The van der Waals surface area contributed by atoms with Crippen molar-refractivity contribution in [2.24, 2.45) is 16.3 Å². The van der Waals surface area contributed by atoms with Gasteiger partial charge in [-0.3, -0.25) is 0 Å². The molecule has 0 bridgehead atoms. The van der Waals surface area contributed by atoms with Gasteiger partial charge in [0.2, 0.25) is 0 Å². The molecule has 0 aliphatic carbocycles. The summed E-state index contributed by atoms with van der Waals surface area (Å²) in [7, 11) is 1.67. The standard InChI is InChI=1S/C24H37N5O2.HI/c1-6-25-23(26-16-18-8-7-15-31-22(18)24(2,3)4)27-17-19-13-14-29(28-19)20-9-11-21(30-5)12-10-20;/h9-14,18,22H,6-8,15-17H2,1-5H3,(H2,25,26,27);1H.